The van der Waals surface area contributed by atoms with E-state index in [0.29, 0.717) is 24.4 Å². The van der Waals surface area contributed by atoms with Crippen LogP contribution >= 0.6 is 11.6 Å². The van der Waals surface area contributed by atoms with Crippen molar-refractivity contribution in [3.63, 3.8) is 0 Å². The first-order chi connectivity index (χ1) is 18.7. The molecule has 1 atom stereocenters. The number of rotatable bonds is 13. The number of carbonyl (C=O) groups excluding carboxylic acids is 2. The predicted molar refractivity (Wildman–Crippen MR) is 156 cm³/mol. The molecule has 0 heterocycles. The second-order valence-corrected chi connectivity index (χ2v) is 11.6. The van der Waals surface area contributed by atoms with Crippen LogP contribution in [0.15, 0.2) is 83.8 Å². The molecule has 1 N–H and O–H groups in total. The molecule has 0 radical (unpaired) electrons. The SMILES string of the molecule is CCCNC(=O)[C@H](CC)N(CCc1ccccc1)C(=O)CN(c1cccc(Cl)c1)S(=O)(=O)c1ccc(C)cc1. The number of nitrogens with zero attached hydrogens (tertiary/aromatic N) is 2. The fourth-order valence-electron chi connectivity index (χ4n) is 4.26. The third-order valence-electron chi connectivity index (χ3n) is 6.40. The smallest absolute Gasteiger partial charge is 0.264 e. The van der Waals surface area contributed by atoms with Crippen molar-refractivity contribution < 1.29 is 18.0 Å². The van der Waals surface area contributed by atoms with E-state index >= 15 is 0 Å². The summed E-state index contributed by atoms with van der Waals surface area (Å²) >= 11 is 6.22. The second-order valence-electron chi connectivity index (χ2n) is 9.34. The van der Waals surface area contributed by atoms with Crippen molar-refractivity contribution >= 4 is 39.1 Å². The average Bonchev–Trinajstić information content (AvgIpc) is 2.93. The monoisotopic (exact) mass is 569 g/mol. The van der Waals surface area contributed by atoms with Crippen molar-refractivity contribution in [1.82, 2.24) is 10.2 Å². The standard InChI is InChI=1S/C30H36ClN3O4S/c1-4-19-32-30(36)28(5-2)33(20-18-24-10-7-6-8-11-24)29(35)22-34(26-13-9-12-25(31)21-26)39(37,38)27-16-14-23(3)15-17-27/h6-17,21,28H,4-5,18-20,22H2,1-3H3,(H,32,36)/t28-/m0/s1. The highest BCUT2D eigenvalue weighted by atomic mass is 35.5. The van der Waals surface area contributed by atoms with Gasteiger partial charge in [0.25, 0.3) is 10.0 Å². The lowest BCUT2D eigenvalue weighted by atomic mass is 10.1. The summed E-state index contributed by atoms with van der Waals surface area (Å²) in [4.78, 5) is 28.6. The first-order valence-electron chi connectivity index (χ1n) is 13.1. The third-order valence-corrected chi connectivity index (χ3v) is 8.43. The zero-order valence-electron chi connectivity index (χ0n) is 22.6. The van der Waals surface area contributed by atoms with Crippen LogP contribution < -0.4 is 9.62 Å². The van der Waals surface area contributed by atoms with Crippen LogP contribution in [0.3, 0.4) is 0 Å². The lowest BCUT2D eigenvalue weighted by Gasteiger charge is -2.33. The number of aryl methyl sites for hydroxylation is 1. The van der Waals surface area contributed by atoms with Gasteiger partial charge in [0, 0.05) is 18.1 Å². The number of anilines is 1. The maximum absolute atomic E-state index is 14.0. The van der Waals surface area contributed by atoms with Crippen LogP contribution in [-0.2, 0) is 26.0 Å². The molecule has 7 nitrogen and oxygen atoms in total. The van der Waals surface area contributed by atoms with Gasteiger partial charge in [0.05, 0.1) is 10.6 Å². The number of benzene rings is 3. The van der Waals surface area contributed by atoms with E-state index in [1.165, 1.54) is 23.1 Å². The first kappa shape index (κ1) is 30.2. The molecule has 3 aromatic carbocycles. The lowest BCUT2D eigenvalue weighted by molar-refractivity contribution is -0.139. The van der Waals surface area contributed by atoms with E-state index in [0.717, 1.165) is 21.9 Å². The van der Waals surface area contributed by atoms with E-state index < -0.39 is 28.5 Å². The number of sulfonamides is 1. The number of amides is 2. The Morgan fingerprint density at radius 2 is 1.64 bits per heavy atom. The Bertz CT molecular complexity index is 1350. The Morgan fingerprint density at radius 3 is 2.26 bits per heavy atom. The molecule has 0 spiro atoms. The minimum Gasteiger partial charge on any atom is -0.354 e. The van der Waals surface area contributed by atoms with E-state index in [1.807, 2.05) is 51.1 Å². The average molecular weight is 570 g/mol. The van der Waals surface area contributed by atoms with Gasteiger partial charge < -0.3 is 10.2 Å². The summed E-state index contributed by atoms with van der Waals surface area (Å²) in [7, 11) is -4.12. The number of halogens is 1. The van der Waals surface area contributed by atoms with Crippen LogP contribution in [0.5, 0.6) is 0 Å². The van der Waals surface area contributed by atoms with Crippen LogP contribution in [0, 0.1) is 6.92 Å². The van der Waals surface area contributed by atoms with Gasteiger partial charge in [-0.1, -0.05) is 79.5 Å². The summed E-state index contributed by atoms with van der Waals surface area (Å²) in [6, 6.07) is 21.8. The Labute approximate surface area is 236 Å². The van der Waals surface area contributed by atoms with E-state index in [1.54, 1.807) is 30.3 Å². The van der Waals surface area contributed by atoms with Gasteiger partial charge >= 0.3 is 0 Å². The molecule has 0 aliphatic heterocycles. The van der Waals surface area contributed by atoms with E-state index in [2.05, 4.69) is 5.32 Å². The fourth-order valence-corrected chi connectivity index (χ4v) is 5.85. The maximum atomic E-state index is 14.0. The molecule has 0 aliphatic carbocycles. The Kier molecular flexibility index (Phi) is 10.9. The fraction of sp³-hybridized carbons (Fsp3) is 0.333. The third kappa shape index (κ3) is 8.07. The molecule has 39 heavy (non-hydrogen) atoms. The van der Waals surface area contributed by atoms with Crippen molar-refractivity contribution in [1.29, 1.82) is 0 Å². The molecule has 0 aliphatic rings. The van der Waals surface area contributed by atoms with Gasteiger partial charge in [0.15, 0.2) is 0 Å². The van der Waals surface area contributed by atoms with Crippen LogP contribution in [0.25, 0.3) is 0 Å². The highest BCUT2D eigenvalue weighted by Crippen LogP contribution is 2.27. The van der Waals surface area contributed by atoms with Crippen molar-refractivity contribution in [2.75, 3.05) is 23.9 Å². The van der Waals surface area contributed by atoms with E-state index in [-0.39, 0.29) is 23.0 Å². The number of hydrogen-bond acceptors (Lipinski definition) is 4. The van der Waals surface area contributed by atoms with Crippen molar-refractivity contribution in [2.45, 2.75) is 51.0 Å². The Hall–Kier alpha value is -3.36. The van der Waals surface area contributed by atoms with Crippen molar-refractivity contribution in [2.24, 2.45) is 0 Å². The zero-order chi connectivity index (χ0) is 28.4. The molecular formula is C30H36ClN3O4S. The molecule has 0 aromatic heterocycles. The molecular weight excluding hydrogens is 534 g/mol. The summed E-state index contributed by atoms with van der Waals surface area (Å²) in [5.74, 6) is -0.725. The van der Waals surface area contributed by atoms with Crippen molar-refractivity contribution in [3.8, 4) is 0 Å². The highest BCUT2D eigenvalue weighted by Gasteiger charge is 2.33. The minimum atomic E-state index is -4.12. The van der Waals surface area contributed by atoms with Gasteiger partial charge in [-0.2, -0.15) is 0 Å². The quantitative estimate of drug-likeness (QED) is 0.306. The van der Waals surface area contributed by atoms with Crippen LogP contribution in [0.1, 0.15) is 37.8 Å². The summed E-state index contributed by atoms with van der Waals surface area (Å²) in [6.07, 6.45) is 1.67. The van der Waals surface area contributed by atoms with Crippen LogP contribution in [0.2, 0.25) is 5.02 Å². The van der Waals surface area contributed by atoms with E-state index in [4.69, 9.17) is 11.6 Å². The van der Waals surface area contributed by atoms with Gasteiger partial charge in [0.1, 0.15) is 12.6 Å². The number of nitrogens with one attached hydrogen (secondary N) is 1. The molecule has 3 rings (SSSR count). The largest absolute Gasteiger partial charge is 0.354 e. The molecule has 0 saturated carbocycles. The molecule has 0 unspecified atom stereocenters. The van der Waals surface area contributed by atoms with Crippen LogP contribution in [-0.4, -0.2) is 50.8 Å². The molecule has 0 bridgehead atoms. The van der Waals surface area contributed by atoms with Gasteiger partial charge in [-0.25, -0.2) is 8.42 Å². The summed E-state index contributed by atoms with van der Waals surface area (Å²) < 4.78 is 28.7. The molecule has 0 fully saturated rings. The molecule has 2 amide bonds. The Morgan fingerprint density at radius 1 is 0.949 bits per heavy atom. The van der Waals surface area contributed by atoms with Crippen molar-refractivity contribution in [3.05, 3.63) is 95.0 Å². The Balaban J connectivity index is 2.00. The van der Waals surface area contributed by atoms with Gasteiger partial charge in [-0.15, -0.1) is 0 Å². The van der Waals surface area contributed by atoms with Gasteiger partial charge in [-0.3, -0.25) is 13.9 Å². The molecule has 3 aromatic rings. The summed E-state index contributed by atoms with van der Waals surface area (Å²) in [5, 5.41) is 3.23. The minimum absolute atomic E-state index is 0.0597. The summed E-state index contributed by atoms with van der Waals surface area (Å²) in [5.41, 5.74) is 2.19. The van der Waals surface area contributed by atoms with Gasteiger partial charge in [-0.05, 0) is 62.1 Å². The number of carbonyl (C=O) groups is 2. The molecule has 208 valence electrons. The molecule has 0 saturated heterocycles. The first-order valence-corrected chi connectivity index (χ1v) is 14.9. The maximum Gasteiger partial charge on any atom is 0.264 e. The zero-order valence-corrected chi connectivity index (χ0v) is 24.2. The van der Waals surface area contributed by atoms with Crippen LogP contribution in [0.4, 0.5) is 5.69 Å². The van der Waals surface area contributed by atoms with E-state index in [9.17, 15) is 18.0 Å². The topological polar surface area (TPSA) is 86.8 Å². The van der Waals surface area contributed by atoms with Gasteiger partial charge in [0.2, 0.25) is 11.8 Å². The second kappa shape index (κ2) is 14.1. The highest BCUT2D eigenvalue weighted by molar-refractivity contribution is 7.92. The normalized spacial score (nSPS) is 12.0. The molecule has 9 heteroatoms. The summed E-state index contributed by atoms with van der Waals surface area (Å²) in [6.45, 7) is 5.94. The lowest BCUT2D eigenvalue weighted by Crippen LogP contribution is -2.53. The predicted octanol–water partition coefficient (Wildman–Crippen LogP) is 5.22. The number of hydrogen-bond donors (Lipinski definition) is 1.